The van der Waals surface area contributed by atoms with Crippen molar-refractivity contribution in [2.24, 2.45) is 0 Å². The van der Waals surface area contributed by atoms with E-state index in [0.717, 1.165) is 11.3 Å². The second kappa shape index (κ2) is 4.68. The fourth-order valence-corrected chi connectivity index (χ4v) is 1.70. The van der Waals surface area contributed by atoms with Crippen LogP contribution >= 0.6 is 11.6 Å². The van der Waals surface area contributed by atoms with Crippen molar-refractivity contribution in [2.45, 2.75) is 13.2 Å². The summed E-state index contributed by atoms with van der Waals surface area (Å²) in [4.78, 5) is 0. The molecule has 1 N–H and O–H groups in total. The van der Waals surface area contributed by atoms with Crippen molar-refractivity contribution in [2.75, 3.05) is 0 Å². The Morgan fingerprint density at radius 2 is 2.12 bits per heavy atom. The summed E-state index contributed by atoms with van der Waals surface area (Å²) >= 11 is 5.60. The summed E-state index contributed by atoms with van der Waals surface area (Å²) < 4.78 is 15.1. The number of nitrogens with zero attached hydrogens (tertiary/aromatic N) is 1. The summed E-state index contributed by atoms with van der Waals surface area (Å²) in [6, 6.07) is 8.38. The van der Waals surface area contributed by atoms with Crippen LogP contribution in [0, 0.1) is 5.82 Å². The maximum Gasteiger partial charge on any atom is 0.142 e. The molecule has 0 atom stereocenters. The van der Waals surface area contributed by atoms with E-state index in [1.807, 2.05) is 22.9 Å². The maximum absolute atomic E-state index is 13.2. The van der Waals surface area contributed by atoms with E-state index in [9.17, 15) is 4.39 Å². The van der Waals surface area contributed by atoms with E-state index in [0.29, 0.717) is 6.54 Å². The molecule has 0 bridgehead atoms. The Bertz CT molecular complexity index is 496. The van der Waals surface area contributed by atoms with Crippen LogP contribution in [0.1, 0.15) is 11.3 Å². The van der Waals surface area contributed by atoms with E-state index < -0.39 is 5.82 Å². The van der Waals surface area contributed by atoms with Crippen LogP contribution in [0.2, 0.25) is 5.02 Å². The van der Waals surface area contributed by atoms with Gasteiger partial charge in [0.25, 0.3) is 0 Å². The molecule has 2 nitrogen and oxygen atoms in total. The SMILES string of the molecule is OCc1cccn1Cc1ccc(Cl)c(F)c1. The molecule has 1 heterocycles. The first-order chi connectivity index (χ1) is 7.70. The molecule has 0 radical (unpaired) electrons. The Balaban J connectivity index is 2.24. The van der Waals surface area contributed by atoms with Gasteiger partial charge >= 0.3 is 0 Å². The highest BCUT2D eigenvalue weighted by atomic mass is 35.5. The molecule has 4 heteroatoms. The van der Waals surface area contributed by atoms with E-state index in [-0.39, 0.29) is 11.6 Å². The van der Waals surface area contributed by atoms with E-state index in [4.69, 9.17) is 16.7 Å². The lowest BCUT2D eigenvalue weighted by atomic mass is 10.2. The lowest BCUT2D eigenvalue weighted by Gasteiger charge is -2.07. The summed E-state index contributed by atoms with van der Waals surface area (Å²) in [5, 5.41) is 9.19. The summed E-state index contributed by atoms with van der Waals surface area (Å²) in [6.07, 6.45) is 1.85. The van der Waals surface area contributed by atoms with Crippen molar-refractivity contribution in [3.63, 3.8) is 0 Å². The molecule has 84 valence electrons. The third-order valence-corrected chi connectivity index (χ3v) is 2.73. The highest BCUT2D eigenvalue weighted by molar-refractivity contribution is 6.30. The molecule has 0 aliphatic carbocycles. The topological polar surface area (TPSA) is 25.2 Å². The fraction of sp³-hybridized carbons (Fsp3) is 0.167. The van der Waals surface area contributed by atoms with Crippen molar-refractivity contribution >= 4 is 11.6 Å². The van der Waals surface area contributed by atoms with Gasteiger partial charge in [0.05, 0.1) is 11.6 Å². The van der Waals surface area contributed by atoms with Gasteiger partial charge in [-0.2, -0.15) is 0 Å². The monoisotopic (exact) mass is 239 g/mol. The molecule has 0 saturated carbocycles. The Kier molecular flexibility index (Phi) is 3.27. The molecule has 0 aliphatic rings. The van der Waals surface area contributed by atoms with Gasteiger partial charge in [0.1, 0.15) is 5.82 Å². The van der Waals surface area contributed by atoms with E-state index in [1.54, 1.807) is 6.07 Å². The van der Waals surface area contributed by atoms with Crippen molar-refractivity contribution in [3.8, 4) is 0 Å². The smallest absolute Gasteiger partial charge is 0.142 e. The molecule has 0 spiro atoms. The van der Waals surface area contributed by atoms with Gasteiger partial charge in [0.15, 0.2) is 0 Å². The first kappa shape index (κ1) is 11.2. The number of benzene rings is 1. The Morgan fingerprint density at radius 3 is 2.81 bits per heavy atom. The van der Waals surface area contributed by atoms with Crippen LogP contribution in [0.3, 0.4) is 0 Å². The minimum atomic E-state index is -0.420. The molecule has 2 rings (SSSR count). The summed E-state index contributed by atoms with van der Waals surface area (Å²) in [5.74, 6) is -0.420. The number of halogens is 2. The summed E-state index contributed by atoms with van der Waals surface area (Å²) in [6.45, 7) is 0.500. The van der Waals surface area contributed by atoms with E-state index in [1.165, 1.54) is 12.1 Å². The normalized spacial score (nSPS) is 10.7. The van der Waals surface area contributed by atoms with Crippen LogP contribution in [0.5, 0.6) is 0 Å². The van der Waals surface area contributed by atoms with Crippen LogP contribution in [0.25, 0.3) is 0 Å². The number of hydrogen-bond donors (Lipinski definition) is 1. The summed E-state index contributed by atoms with van der Waals surface area (Å²) in [5.41, 5.74) is 1.61. The van der Waals surface area contributed by atoms with Crippen molar-refractivity contribution in [1.29, 1.82) is 0 Å². The molecule has 0 amide bonds. The van der Waals surface area contributed by atoms with Gasteiger partial charge in [0, 0.05) is 18.4 Å². The zero-order valence-electron chi connectivity index (χ0n) is 8.53. The summed E-state index contributed by atoms with van der Waals surface area (Å²) in [7, 11) is 0. The number of hydrogen-bond acceptors (Lipinski definition) is 1. The number of aliphatic hydroxyl groups is 1. The Hall–Kier alpha value is -1.32. The largest absolute Gasteiger partial charge is 0.390 e. The van der Waals surface area contributed by atoms with E-state index in [2.05, 4.69) is 0 Å². The number of aromatic nitrogens is 1. The van der Waals surface area contributed by atoms with Crippen LogP contribution < -0.4 is 0 Å². The van der Waals surface area contributed by atoms with Gasteiger partial charge in [-0.15, -0.1) is 0 Å². The van der Waals surface area contributed by atoms with Gasteiger partial charge in [-0.3, -0.25) is 0 Å². The molecular weight excluding hydrogens is 229 g/mol. The second-order valence-electron chi connectivity index (χ2n) is 3.53. The predicted octanol–water partition coefficient (Wildman–Crippen LogP) is 2.82. The average molecular weight is 240 g/mol. The second-order valence-corrected chi connectivity index (χ2v) is 3.94. The predicted molar refractivity (Wildman–Crippen MR) is 60.9 cm³/mol. The van der Waals surface area contributed by atoms with Crippen LogP contribution in [-0.4, -0.2) is 9.67 Å². The quantitative estimate of drug-likeness (QED) is 0.876. The molecule has 0 unspecified atom stereocenters. The molecular formula is C12H11ClFNO. The molecule has 16 heavy (non-hydrogen) atoms. The van der Waals surface area contributed by atoms with Gasteiger partial charge in [-0.1, -0.05) is 17.7 Å². The molecule has 0 saturated heterocycles. The first-order valence-electron chi connectivity index (χ1n) is 4.89. The zero-order valence-corrected chi connectivity index (χ0v) is 9.28. The van der Waals surface area contributed by atoms with E-state index >= 15 is 0 Å². The van der Waals surface area contributed by atoms with Gasteiger partial charge in [0.2, 0.25) is 0 Å². The third kappa shape index (κ3) is 2.26. The van der Waals surface area contributed by atoms with Gasteiger partial charge in [-0.25, -0.2) is 4.39 Å². The lowest BCUT2D eigenvalue weighted by Crippen LogP contribution is -2.03. The van der Waals surface area contributed by atoms with Crippen molar-refractivity contribution in [1.82, 2.24) is 4.57 Å². The maximum atomic E-state index is 13.2. The first-order valence-corrected chi connectivity index (χ1v) is 5.27. The standard InChI is InChI=1S/C12H11ClFNO/c13-11-4-3-9(6-12(11)14)7-15-5-1-2-10(15)8-16/h1-6,16H,7-8H2. The van der Waals surface area contributed by atoms with Crippen molar-refractivity contribution < 1.29 is 9.50 Å². The lowest BCUT2D eigenvalue weighted by molar-refractivity contribution is 0.271. The molecule has 1 aromatic carbocycles. The van der Waals surface area contributed by atoms with Crippen LogP contribution in [0.15, 0.2) is 36.5 Å². The van der Waals surface area contributed by atoms with Gasteiger partial charge in [-0.05, 0) is 29.8 Å². The highest BCUT2D eigenvalue weighted by Crippen LogP contribution is 2.17. The molecule has 1 aromatic heterocycles. The van der Waals surface area contributed by atoms with Crippen molar-refractivity contribution in [3.05, 3.63) is 58.6 Å². The fourth-order valence-electron chi connectivity index (χ4n) is 1.58. The Labute approximate surface area is 97.9 Å². The average Bonchev–Trinajstić information content (AvgIpc) is 2.71. The number of rotatable bonds is 3. The molecule has 0 aliphatic heterocycles. The highest BCUT2D eigenvalue weighted by Gasteiger charge is 2.03. The third-order valence-electron chi connectivity index (χ3n) is 2.42. The van der Waals surface area contributed by atoms with Gasteiger partial charge < -0.3 is 9.67 Å². The molecule has 2 aromatic rings. The minimum absolute atomic E-state index is 0.0247. The molecule has 0 fully saturated rings. The minimum Gasteiger partial charge on any atom is -0.390 e. The Morgan fingerprint density at radius 1 is 1.31 bits per heavy atom. The van der Waals surface area contributed by atoms with Crippen LogP contribution in [0.4, 0.5) is 4.39 Å². The zero-order chi connectivity index (χ0) is 11.5. The number of aliphatic hydroxyl groups excluding tert-OH is 1. The van der Waals surface area contributed by atoms with Crippen LogP contribution in [-0.2, 0) is 13.2 Å².